The lowest BCUT2D eigenvalue weighted by Gasteiger charge is -2.12. The van der Waals surface area contributed by atoms with E-state index >= 15 is 0 Å². The molecule has 0 aliphatic heterocycles. The van der Waals surface area contributed by atoms with Crippen molar-refractivity contribution in [3.05, 3.63) is 83.4 Å². The second-order valence-corrected chi connectivity index (χ2v) is 8.79. The molecule has 0 aliphatic carbocycles. The second-order valence-electron chi connectivity index (χ2n) is 7.44. The number of aryl methyl sites for hydroxylation is 1. The van der Waals surface area contributed by atoms with Gasteiger partial charge in [0.2, 0.25) is 5.91 Å². The molecular formula is C26H25ClN4O2S. The van der Waals surface area contributed by atoms with Gasteiger partial charge in [-0.05, 0) is 67.4 Å². The van der Waals surface area contributed by atoms with Crippen LogP contribution in [0.15, 0.2) is 78.0 Å². The van der Waals surface area contributed by atoms with E-state index in [1.807, 2.05) is 84.3 Å². The third-order valence-electron chi connectivity index (χ3n) is 5.13. The van der Waals surface area contributed by atoms with E-state index in [1.165, 1.54) is 17.3 Å². The van der Waals surface area contributed by atoms with E-state index in [4.69, 9.17) is 16.3 Å². The summed E-state index contributed by atoms with van der Waals surface area (Å²) in [6, 6.07) is 23.0. The number of hydrogen-bond donors (Lipinski definition) is 1. The van der Waals surface area contributed by atoms with Crippen LogP contribution in [0.5, 0.6) is 5.75 Å². The fraction of sp³-hybridized carbons (Fsp3) is 0.192. The van der Waals surface area contributed by atoms with Gasteiger partial charge < -0.3 is 10.1 Å². The molecule has 174 valence electrons. The van der Waals surface area contributed by atoms with Gasteiger partial charge >= 0.3 is 0 Å². The van der Waals surface area contributed by atoms with Crippen LogP contribution in [0.2, 0.25) is 5.02 Å². The van der Waals surface area contributed by atoms with Crippen molar-refractivity contribution in [2.45, 2.75) is 25.4 Å². The number of aromatic nitrogens is 3. The van der Waals surface area contributed by atoms with Crippen molar-refractivity contribution in [1.82, 2.24) is 14.8 Å². The maximum absolute atomic E-state index is 12.6. The average Bonchev–Trinajstić information content (AvgIpc) is 3.28. The normalized spacial score (nSPS) is 10.8. The zero-order valence-corrected chi connectivity index (χ0v) is 20.6. The first-order chi connectivity index (χ1) is 16.6. The molecule has 1 heterocycles. The molecule has 34 heavy (non-hydrogen) atoms. The number of ether oxygens (including phenoxy) is 1. The molecule has 4 rings (SSSR count). The largest absolute Gasteiger partial charge is 0.494 e. The third kappa shape index (κ3) is 5.61. The van der Waals surface area contributed by atoms with Gasteiger partial charge in [0.1, 0.15) is 5.75 Å². The molecule has 3 aromatic carbocycles. The number of benzene rings is 3. The SMILES string of the molecule is CCOc1ccc(-n2c(SCC(=O)Nc3ccc(CC)cc3)nnc2-c2ccccc2Cl)cc1. The molecule has 4 aromatic rings. The summed E-state index contributed by atoms with van der Waals surface area (Å²) >= 11 is 7.78. The number of nitrogens with one attached hydrogen (secondary N) is 1. The van der Waals surface area contributed by atoms with Crippen LogP contribution in [0.1, 0.15) is 19.4 Å². The van der Waals surface area contributed by atoms with E-state index in [1.54, 1.807) is 0 Å². The Morgan fingerprint density at radius 2 is 1.74 bits per heavy atom. The summed E-state index contributed by atoms with van der Waals surface area (Å²) in [4.78, 5) is 12.6. The average molecular weight is 493 g/mol. The van der Waals surface area contributed by atoms with Crippen LogP contribution in [0.4, 0.5) is 5.69 Å². The Morgan fingerprint density at radius 3 is 2.41 bits per heavy atom. The summed E-state index contributed by atoms with van der Waals surface area (Å²) in [5.41, 5.74) is 3.61. The number of hydrogen-bond acceptors (Lipinski definition) is 5. The summed E-state index contributed by atoms with van der Waals surface area (Å²) in [6.07, 6.45) is 0.957. The lowest BCUT2D eigenvalue weighted by molar-refractivity contribution is -0.113. The number of halogens is 1. The van der Waals surface area contributed by atoms with Gasteiger partial charge in [-0.3, -0.25) is 9.36 Å². The topological polar surface area (TPSA) is 69.0 Å². The van der Waals surface area contributed by atoms with Crippen LogP contribution in [-0.2, 0) is 11.2 Å². The van der Waals surface area contributed by atoms with Crippen molar-refractivity contribution in [1.29, 1.82) is 0 Å². The number of thioether (sulfide) groups is 1. The predicted molar refractivity (Wildman–Crippen MR) is 138 cm³/mol. The molecule has 8 heteroatoms. The first-order valence-corrected chi connectivity index (χ1v) is 12.4. The molecule has 0 saturated heterocycles. The van der Waals surface area contributed by atoms with Gasteiger partial charge in [-0.25, -0.2) is 0 Å². The first kappa shape index (κ1) is 23.9. The first-order valence-electron chi connectivity index (χ1n) is 11.0. The van der Waals surface area contributed by atoms with Crippen LogP contribution >= 0.6 is 23.4 Å². The molecule has 0 unspecified atom stereocenters. The lowest BCUT2D eigenvalue weighted by atomic mass is 10.1. The highest BCUT2D eigenvalue weighted by Crippen LogP contribution is 2.32. The summed E-state index contributed by atoms with van der Waals surface area (Å²) in [5, 5.41) is 12.9. The van der Waals surface area contributed by atoms with Gasteiger partial charge in [0.05, 0.1) is 17.4 Å². The number of carbonyl (C=O) groups is 1. The van der Waals surface area contributed by atoms with Gasteiger partial charge in [0.25, 0.3) is 0 Å². The standard InChI is InChI=1S/C26H25ClN4O2S/c1-3-18-9-11-19(12-10-18)28-24(32)17-34-26-30-29-25(22-7-5-6-8-23(22)27)31(26)20-13-15-21(16-14-20)33-4-2/h5-16H,3-4,17H2,1-2H3,(H,28,32). The van der Waals surface area contributed by atoms with Crippen molar-refractivity contribution >= 4 is 35.0 Å². The van der Waals surface area contributed by atoms with Gasteiger partial charge in [-0.1, -0.05) is 54.6 Å². The minimum atomic E-state index is -0.116. The predicted octanol–water partition coefficient (Wildman–Crippen LogP) is 6.28. The van der Waals surface area contributed by atoms with Crippen LogP contribution in [0, 0.1) is 0 Å². The van der Waals surface area contributed by atoms with Crippen LogP contribution in [0.25, 0.3) is 17.1 Å². The molecule has 1 amide bonds. The van der Waals surface area contributed by atoms with E-state index in [0.29, 0.717) is 22.6 Å². The van der Waals surface area contributed by atoms with Crippen LogP contribution < -0.4 is 10.1 Å². The molecule has 1 N–H and O–H groups in total. The molecule has 0 fully saturated rings. The van der Waals surface area contributed by atoms with Crippen LogP contribution in [0.3, 0.4) is 0 Å². The smallest absolute Gasteiger partial charge is 0.234 e. The lowest BCUT2D eigenvalue weighted by Crippen LogP contribution is -2.14. The van der Waals surface area contributed by atoms with E-state index in [9.17, 15) is 4.79 Å². The molecule has 6 nitrogen and oxygen atoms in total. The van der Waals surface area contributed by atoms with Gasteiger partial charge in [0.15, 0.2) is 11.0 Å². The second kappa shape index (κ2) is 11.2. The van der Waals surface area contributed by atoms with Crippen molar-refractivity contribution in [2.24, 2.45) is 0 Å². The molecule has 0 saturated carbocycles. The molecule has 0 spiro atoms. The molecular weight excluding hydrogens is 468 g/mol. The van der Waals surface area contributed by atoms with Gasteiger partial charge in [0, 0.05) is 16.9 Å². The molecule has 0 bridgehead atoms. The maximum Gasteiger partial charge on any atom is 0.234 e. The Morgan fingerprint density at radius 1 is 1.00 bits per heavy atom. The zero-order valence-electron chi connectivity index (χ0n) is 19.0. The Labute approximate surface area is 208 Å². The van der Waals surface area contributed by atoms with E-state index < -0.39 is 0 Å². The van der Waals surface area contributed by atoms with Gasteiger partial charge in [-0.2, -0.15) is 0 Å². The van der Waals surface area contributed by atoms with E-state index in [2.05, 4.69) is 22.4 Å². The summed E-state index contributed by atoms with van der Waals surface area (Å²) in [5.74, 6) is 1.46. The van der Waals surface area contributed by atoms with Crippen molar-refractivity contribution < 1.29 is 9.53 Å². The fourth-order valence-electron chi connectivity index (χ4n) is 3.42. The molecule has 0 atom stereocenters. The maximum atomic E-state index is 12.6. The van der Waals surface area contributed by atoms with Gasteiger partial charge in [-0.15, -0.1) is 10.2 Å². The third-order valence-corrected chi connectivity index (χ3v) is 6.39. The quantitative estimate of drug-likeness (QED) is 0.278. The Balaban J connectivity index is 1.59. The number of nitrogens with zero attached hydrogens (tertiary/aromatic N) is 3. The Kier molecular flexibility index (Phi) is 7.87. The fourth-order valence-corrected chi connectivity index (χ4v) is 4.39. The van der Waals surface area contributed by atoms with Crippen molar-refractivity contribution in [2.75, 3.05) is 17.7 Å². The van der Waals surface area contributed by atoms with E-state index in [0.717, 1.165) is 29.1 Å². The number of amides is 1. The highest BCUT2D eigenvalue weighted by atomic mass is 35.5. The van der Waals surface area contributed by atoms with Crippen LogP contribution in [-0.4, -0.2) is 33.0 Å². The minimum Gasteiger partial charge on any atom is -0.494 e. The highest BCUT2D eigenvalue weighted by Gasteiger charge is 2.19. The molecule has 0 radical (unpaired) electrons. The zero-order chi connectivity index (χ0) is 23.9. The van der Waals surface area contributed by atoms with E-state index in [-0.39, 0.29) is 11.7 Å². The molecule has 1 aromatic heterocycles. The summed E-state index contributed by atoms with van der Waals surface area (Å²) < 4.78 is 7.48. The molecule has 0 aliphatic rings. The monoisotopic (exact) mass is 492 g/mol. The number of anilines is 1. The van der Waals surface area contributed by atoms with Crippen molar-refractivity contribution in [3.63, 3.8) is 0 Å². The summed E-state index contributed by atoms with van der Waals surface area (Å²) in [7, 11) is 0. The Hall–Kier alpha value is -3.29. The summed E-state index contributed by atoms with van der Waals surface area (Å²) in [6.45, 7) is 4.64. The minimum absolute atomic E-state index is 0.116. The number of rotatable bonds is 9. The highest BCUT2D eigenvalue weighted by molar-refractivity contribution is 7.99. The number of carbonyl (C=O) groups excluding carboxylic acids is 1. The Bertz CT molecular complexity index is 1260. The van der Waals surface area contributed by atoms with Crippen molar-refractivity contribution in [3.8, 4) is 22.8 Å².